The molecule has 0 radical (unpaired) electrons. The summed E-state index contributed by atoms with van der Waals surface area (Å²) in [7, 11) is 0. The van der Waals surface area contributed by atoms with E-state index in [1.54, 1.807) is 0 Å². The van der Waals surface area contributed by atoms with E-state index in [0.717, 1.165) is 25.7 Å². The van der Waals surface area contributed by atoms with Crippen molar-refractivity contribution >= 4 is 0 Å². The van der Waals surface area contributed by atoms with Crippen molar-refractivity contribution in [2.45, 2.75) is 97.0 Å². The minimum Gasteiger partial charge on any atom is -0.392 e. The Balaban J connectivity index is 3.53. The molecule has 1 nitrogen and oxygen atoms in total. The molecule has 0 unspecified atom stereocenters. The highest BCUT2D eigenvalue weighted by Gasteiger charge is 2.15. The number of terminal acetylenes is 1. The lowest BCUT2D eigenvalue weighted by atomic mass is 9.92. The van der Waals surface area contributed by atoms with Crippen LogP contribution in [0.3, 0.4) is 0 Å². The molecule has 0 aromatic carbocycles. The van der Waals surface area contributed by atoms with Crippen molar-refractivity contribution in [2.75, 3.05) is 0 Å². The van der Waals surface area contributed by atoms with E-state index in [1.165, 1.54) is 51.4 Å². The van der Waals surface area contributed by atoms with Gasteiger partial charge in [-0.3, -0.25) is 0 Å². The zero-order chi connectivity index (χ0) is 14.3. The molecule has 0 spiro atoms. The Morgan fingerprint density at radius 2 is 1.26 bits per heavy atom. The van der Waals surface area contributed by atoms with Crippen molar-refractivity contribution in [2.24, 2.45) is 5.92 Å². The molecule has 0 aromatic rings. The van der Waals surface area contributed by atoms with Gasteiger partial charge in [0.25, 0.3) is 0 Å². The first-order chi connectivity index (χ1) is 9.26. The van der Waals surface area contributed by atoms with Crippen LogP contribution < -0.4 is 0 Å². The van der Waals surface area contributed by atoms with Gasteiger partial charge in [0.1, 0.15) is 0 Å². The van der Waals surface area contributed by atoms with E-state index < -0.39 is 0 Å². The molecule has 0 heterocycles. The van der Waals surface area contributed by atoms with Crippen LogP contribution in [0.4, 0.5) is 0 Å². The Kier molecular flexibility index (Phi) is 13.6. The van der Waals surface area contributed by atoms with Crippen molar-refractivity contribution in [1.82, 2.24) is 0 Å². The van der Waals surface area contributed by atoms with Gasteiger partial charge in [-0.15, -0.1) is 12.3 Å². The Bertz CT molecular complexity index is 216. The number of hydrogen-bond acceptors (Lipinski definition) is 1. The monoisotopic (exact) mass is 266 g/mol. The van der Waals surface area contributed by atoms with Gasteiger partial charge in [0.15, 0.2) is 0 Å². The summed E-state index contributed by atoms with van der Waals surface area (Å²) in [5.41, 5.74) is 0. The second kappa shape index (κ2) is 13.9. The summed E-state index contributed by atoms with van der Waals surface area (Å²) in [5, 5.41) is 10.1. The third-order valence-corrected chi connectivity index (χ3v) is 3.90. The molecule has 0 aromatic heterocycles. The zero-order valence-electron chi connectivity index (χ0n) is 13.2. The van der Waals surface area contributed by atoms with Crippen molar-refractivity contribution in [3.8, 4) is 12.3 Å². The molecule has 0 aliphatic heterocycles. The van der Waals surface area contributed by atoms with Crippen LogP contribution in [0.2, 0.25) is 0 Å². The lowest BCUT2D eigenvalue weighted by Crippen LogP contribution is -2.18. The van der Waals surface area contributed by atoms with Crippen molar-refractivity contribution in [3.05, 3.63) is 0 Å². The fourth-order valence-electron chi connectivity index (χ4n) is 2.51. The molecule has 1 N–H and O–H groups in total. The van der Waals surface area contributed by atoms with Gasteiger partial charge >= 0.3 is 0 Å². The smallest absolute Gasteiger partial charge is 0.0677 e. The van der Waals surface area contributed by atoms with Gasteiger partial charge in [-0.2, -0.15) is 0 Å². The first-order valence-corrected chi connectivity index (χ1v) is 8.40. The minimum absolute atomic E-state index is 0.0756. The van der Waals surface area contributed by atoms with Crippen LogP contribution in [0.25, 0.3) is 0 Å². The molecule has 0 amide bonds. The number of hydrogen-bond donors (Lipinski definition) is 1. The van der Waals surface area contributed by atoms with E-state index in [-0.39, 0.29) is 12.0 Å². The van der Waals surface area contributed by atoms with Gasteiger partial charge in [-0.25, -0.2) is 0 Å². The molecule has 0 aliphatic carbocycles. The van der Waals surface area contributed by atoms with E-state index in [2.05, 4.69) is 19.8 Å². The van der Waals surface area contributed by atoms with Gasteiger partial charge in [0, 0.05) is 5.92 Å². The normalized spacial score (nSPS) is 14.0. The Morgan fingerprint density at radius 1 is 0.789 bits per heavy atom. The van der Waals surface area contributed by atoms with Gasteiger partial charge < -0.3 is 5.11 Å². The standard InChI is InChI=1S/C18H34O/c1-4-7-9-10-11-12-14-16-18(19)17(6-3)15-13-8-5-2/h3,17-19H,4-5,7-16H2,1-2H3/t17-,18+/m1/s1. The van der Waals surface area contributed by atoms with Gasteiger partial charge in [-0.1, -0.05) is 78.1 Å². The van der Waals surface area contributed by atoms with E-state index >= 15 is 0 Å². The van der Waals surface area contributed by atoms with Gasteiger partial charge in [0.2, 0.25) is 0 Å². The van der Waals surface area contributed by atoms with E-state index in [9.17, 15) is 5.11 Å². The lowest BCUT2D eigenvalue weighted by Gasteiger charge is -2.17. The van der Waals surface area contributed by atoms with Crippen molar-refractivity contribution in [1.29, 1.82) is 0 Å². The quantitative estimate of drug-likeness (QED) is 0.353. The number of aliphatic hydroxyl groups is 1. The van der Waals surface area contributed by atoms with Crippen LogP contribution in [0, 0.1) is 18.3 Å². The molecule has 0 rings (SSSR count). The summed E-state index contributed by atoms with van der Waals surface area (Å²) < 4.78 is 0. The third kappa shape index (κ3) is 11.1. The molecule has 2 atom stereocenters. The van der Waals surface area contributed by atoms with Crippen molar-refractivity contribution in [3.63, 3.8) is 0 Å². The highest BCUT2D eigenvalue weighted by atomic mass is 16.3. The molecule has 1 heteroatoms. The van der Waals surface area contributed by atoms with Crippen LogP contribution >= 0.6 is 0 Å². The van der Waals surface area contributed by atoms with Crippen LogP contribution in [-0.4, -0.2) is 11.2 Å². The molecule has 19 heavy (non-hydrogen) atoms. The average molecular weight is 266 g/mol. The maximum absolute atomic E-state index is 10.1. The topological polar surface area (TPSA) is 20.2 Å². The SMILES string of the molecule is C#C[C@H](CCCCC)[C@@H](O)CCCCCCCCC. The van der Waals surface area contributed by atoms with Gasteiger partial charge in [-0.05, 0) is 12.8 Å². The molecular weight excluding hydrogens is 232 g/mol. The highest BCUT2D eigenvalue weighted by Crippen LogP contribution is 2.18. The second-order valence-corrected chi connectivity index (χ2v) is 5.75. The second-order valence-electron chi connectivity index (χ2n) is 5.75. The van der Waals surface area contributed by atoms with E-state index in [1.807, 2.05) is 0 Å². The van der Waals surface area contributed by atoms with Crippen LogP contribution in [0.1, 0.15) is 90.9 Å². The largest absolute Gasteiger partial charge is 0.392 e. The van der Waals surface area contributed by atoms with E-state index in [0.29, 0.717) is 0 Å². The average Bonchev–Trinajstić information content (AvgIpc) is 2.42. The first kappa shape index (κ1) is 18.5. The summed E-state index contributed by atoms with van der Waals surface area (Å²) in [5.74, 6) is 2.86. The predicted molar refractivity (Wildman–Crippen MR) is 85.1 cm³/mol. The minimum atomic E-state index is -0.280. The maximum Gasteiger partial charge on any atom is 0.0677 e. The Morgan fingerprint density at radius 3 is 1.84 bits per heavy atom. The lowest BCUT2D eigenvalue weighted by molar-refractivity contribution is 0.116. The molecular formula is C18H34O. The number of unbranched alkanes of at least 4 members (excludes halogenated alkanes) is 8. The Labute approximate surface area is 121 Å². The van der Waals surface area contributed by atoms with E-state index in [4.69, 9.17) is 6.42 Å². The molecule has 0 fully saturated rings. The fraction of sp³-hybridized carbons (Fsp3) is 0.889. The summed E-state index contributed by atoms with van der Waals surface area (Å²) in [6.45, 7) is 4.44. The van der Waals surface area contributed by atoms with Gasteiger partial charge in [0.05, 0.1) is 6.10 Å². The van der Waals surface area contributed by atoms with Crippen LogP contribution in [0.15, 0.2) is 0 Å². The first-order valence-electron chi connectivity index (χ1n) is 8.40. The van der Waals surface area contributed by atoms with Crippen LogP contribution in [-0.2, 0) is 0 Å². The summed E-state index contributed by atoms with van der Waals surface area (Å²) >= 11 is 0. The molecule has 0 bridgehead atoms. The fourth-order valence-corrected chi connectivity index (χ4v) is 2.51. The zero-order valence-corrected chi connectivity index (χ0v) is 13.2. The van der Waals surface area contributed by atoms with Crippen molar-refractivity contribution < 1.29 is 5.11 Å². The summed E-state index contributed by atoms with van der Waals surface area (Å²) in [4.78, 5) is 0. The molecule has 112 valence electrons. The number of aliphatic hydroxyl groups excluding tert-OH is 1. The molecule has 0 aliphatic rings. The predicted octanol–water partition coefficient (Wildman–Crippen LogP) is 5.32. The highest BCUT2D eigenvalue weighted by molar-refractivity contribution is 4.96. The van der Waals surface area contributed by atoms with Crippen LogP contribution in [0.5, 0.6) is 0 Å². The molecule has 0 saturated heterocycles. The maximum atomic E-state index is 10.1. The summed E-state index contributed by atoms with van der Waals surface area (Å²) in [6.07, 6.45) is 19.8. The number of rotatable bonds is 13. The molecule has 0 saturated carbocycles. The Hall–Kier alpha value is -0.480. The summed E-state index contributed by atoms with van der Waals surface area (Å²) in [6, 6.07) is 0. The third-order valence-electron chi connectivity index (χ3n) is 3.90.